The molecule has 0 radical (unpaired) electrons. The second-order valence-electron chi connectivity index (χ2n) is 8.26. The molecule has 0 spiro atoms. The van der Waals surface area contributed by atoms with Gasteiger partial charge in [-0.3, -0.25) is 14.5 Å². The van der Waals surface area contributed by atoms with E-state index in [0.29, 0.717) is 28.0 Å². The molecule has 0 bridgehead atoms. The summed E-state index contributed by atoms with van der Waals surface area (Å²) in [6.07, 6.45) is 0.188. The molecule has 0 aromatic heterocycles. The van der Waals surface area contributed by atoms with E-state index < -0.39 is 0 Å². The molecule has 0 atom stereocenters. The number of anilines is 1. The molecule has 8 heteroatoms. The number of allylic oxidation sites excluding steroid dienone is 1. The first-order chi connectivity index (χ1) is 16.0. The van der Waals surface area contributed by atoms with Crippen LogP contribution in [0.15, 0.2) is 59.7 Å². The van der Waals surface area contributed by atoms with Gasteiger partial charge in [-0.25, -0.2) is 0 Å². The summed E-state index contributed by atoms with van der Waals surface area (Å²) in [6.45, 7) is 3.57. The summed E-state index contributed by atoms with van der Waals surface area (Å²) in [5.74, 6) is -0.315. The van der Waals surface area contributed by atoms with Crippen molar-refractivity contribution in [1.29, 1.82) is 5.26 Å². The lowest BCUT2D eigenvalue weighted by atomic mass is 10.00. The second kappa shape index (κ2) is 8.75. The molecule has 1 N–H and O–H groups in total. The third-order valence-electron chi connectivity index (χ3n) is 6.41. The molecule has 2 aromatic carbocycles. The quantitative estimate of drug-likeness (QED) is 0.469. The van der Waals surface area contributed by atoms with E-state index in [9.17, 15) is 9.59 Å². The Kier molecular flexibility index (Phi) is 5.79. The highest BCUT2D eigenvalue weighted by Gasteiger charge is 2.40. The van der Waals surface area contributed by atoms with Gasteiger partial charge >= 0.3 is 0 Å². The fourth-order valence-electron chi connectivity index (χ4n) is 4.64. The van der Waals surface area contributed by atoms with E-state index in [4.69, 9.17) is 5.26 Å². The Labute approximate surface area is 203 Å². The van der Waals surface area contributed by atoms with E-state index in [1.54, 1.807) is 24.3 Å². The van der Waals surface area contributed by atoms with Crippen LogP contribution in [0.1, 0.15) is 23.1 Å². The average molecular weight is 475 g/mol. The number of carbonyl (C=O) groups excluding carboxylic acids is 2. The van der Waals surface area contributed by atoms with Crippen LogP contribution in [0, 0.1) is 11.3 Å². The lowest BCUT2D eigenvalue weighted by Gasteiger charge is -2.37. The molecule has 1 saturated heterocycles. The number of nitrogens with zero attached hydrogens (tertiary/aromatic N) is 3. The van der Waals surface area contributed by atoms with Crippen LogP contribution in [-0.2, 0) is 9.59 Å². The SMILES string of the molecule is N#Cc1ccc(C2=C3C(=O)NC(c4ccc(N5CCN(C(S)S)CC5)cc4)=C3C(=O)C2)cc1. The highest BCUT2D eigenvalue weighted by atomic mass is 32.2. The molecule has 6 nitrogen and oxygen atoms in total. The smallest absolute Gasteiger partial charge is 0.256 e. The number of carbonyl (C=O) groups is 2. The molecule has 166 valence electrons. The van der Waals surface area contributed by atoms with Crippen molar-refractivity contribution in [2.45, 2.75) is 11.1 Å². The van der Waals surface area contributed by atoms with Crippen molar-refractivity contribution in [3.8, 4) is 6.07 Å². The molecule has 5 rings (SSSR count). The number of ketones is 1. The van der Waals surface area contributed by atoms with Crippen molar-refractivity contribution < 1.29 is 9.59 Å². The summed E-state index contributed by atoms with van der Waals surface area (Å²) in [5.41, 5.74) is 5.47. The third-order valence-corrected chi connectivity index (χ3v) is 7.06. The van der Waals surface area contributed by atoms with Gasteiger partial charge < -0.3 is 10.2 Å². The van der Waals surface area contributed by atoms with Crippen molar-refractivity contribution in [2.75, 3.05) is 31.1 Å². The molecule has 1 aliphatic carbocycles. The van der Waals surface area contributed by atoms with E-state index in [1.807, 2.05) is 24.3 Å². The van der Waals surface area contributed by atoms with Gasteiger partial charge in [0.25, 0.3) is 5.91 Å². The van der Waals surface area contributed by atoms with Crippen LogP contribution >= 0.6 is 25.3 Å². The summed E-state index contributed by atoms with van der Waals surface area (Å²) >= 11 is 8.78. The van der Waals surface area contributed by atoms with Gasteiger partial charge in [0.2, 0.25) is 0 Å². The number of hydrogen-bond donors (Lipinski definition) is 3. The number of benzene rings is 2. The van der Waals surface area contributed by atoms with Crippen molar-refractivity contribution in [1.82, 2.24) is 10.2 Å². The third kappa shape index (κ3) is 3.97. The summed E-state index contributed by atoms with van der Waals surface area (Å²) < 4.78 is -0.0469. The number of piperazine rings is 1. The molecular weight excluding hydrogens is 452 g/mol. The van der Waals surface area contributed by atoms with Crippen molar-refractivity contribution >= 4 is 53.9 Å². The molecule has 2 aliphatic heterocycles. The zero-order valence-corrected chi connectivity index (χ0v) is 19.6. The van der Waals surface area contributed by atoms with Crippen LogP contribution in [0.3, 0.4) is 0 Å². The van der Waals surface area contributed by atoms with Crippen molar-refractivity contribution in [2.24, 2.45) is 0 Å². The number of nitrogens with one attached hydrogen (secondary N) is 1. The molecule has 3 aliphatic rings. The number of thiol groups is 2. The maximum Gasteiger partial charge on any atom is 0.256 e. The van der Waals surface area contributed by atoms with Gasteiger partial charge in [0.15, 0.2) is 5.78 Å². The van der Waals surface area contributed by atoms with Gasteiger partial charge in [-0.05, 0) is 41.0 Å². The van der Waals surface area contributed by atoms with E-state index in [-0.39, 0.29) is 22.8 Å². The van der Waals surface area contributed by atoms with Gasteiger partial charge in [0.1, 0.15) is 0 Å². The minimum absolute atomic E-state index is 0.0469. The Morgan fingerprint density at radius 2 is 1.52 bits per heavy atom. The van der Waals surface area contributed by atoms with Gasteiger partial charge in [-0.1, -0.05) is 24.3 Å². The highest BCUT2D eigenvalue weighted by Crippen LogP contribution is 2.42. The Morgan fingerprint density at radius 1 is 0.879 bits per heavy atom. The lowest BCUT2D eigenvalue weighted by molar-refractivity contribution is -0.116. The highest BCUT2D eigenvalue weighted by molar-refractivity contribution is 7.99. The number of hydrogen-bond acceptors (Lipinski definition) is 7. The molecule has 2 aromatic rings. The molecular formula is C25H22N4O2S2. The van der Waals surface area contributed by atoms with Crippen LogP contribution in [0.4, 0.5) is 5.69 Å². The topological polar surface area (TPSA) is 76.4 Å². The maximum atomic E-state index is 12.9. The van der Waals surface area contributed by atoms with E-state index in [1.165, 1.54) is 0 Å². The first-order valence-electron chi connectivity index (χ1n) is 10.7. The summed E-state index contributed by atoms with van der Waals surface area (Å²) in [6, 6.07) is 17.1. The predicted octanol–water partition coefficient (Wildman–Crippen LogP) is 3.09. The largest absolute Gasteiger partial charge is 0.369 e. The number of fused-ring (bicyclic) bond motifs is 1. The van der Waals surface area contributed by atoms with Gasteiger partial charge in [-0.15, -0.1) is 25.3 Å². The Balaban J connectivity index is 1.43. The Hall–Kier alpha value is -2.99. The Morgan fingerprint density at radius 3 is 2.12 bits per heavy atom. The second-order valence-corrected chi connectivity index (χ2v) is 9.65. The zero-order valence-electron chi connectivity index (χ0n) is 17.8. The van der Waals surface area contributed by atoms with Crippen LogP contribution in [0.25, 0.3) is 11.3 Å². The van der Waals surface area contributed by atoms with E-state index in [2.05, 4.69) is 46.4 Å². The first kappa shape index (κ1) is 21.8. The molecule has 0 saturated carbocycles. The van der Waals surface area contributed by atoms with Gasteiger partial charge in [0.05, 0.1) is 33.2 Å². The Bertz CT molecular complexity index is 1230. The van der Waals surface area contributed by atoms with Gasteiger partial charge in [0, 0.05) is 38.3 Å². The lowest BCUT2D eigenvalue weighted by Crippen LogP contribution is -2.47. The maximum absolute atomic E-state index is 12.9. The molecule has 1 amide bonds. The molecule has 1 fully saturated rings. The van der Waals surface area contributed by atoms with Crippen molar-refractivity contribution in [3.05, 3.63) is 76.4 Å². The zero-order chi connectivity index (χ0) is 23.1. The number of Topliss-reactive ketones (excluding diaryl/α,β-unsaturated/α-hetero) is 1. The van der Waals surface area contributed by atoms with E-state index >= 15 is 0 Å². The molecule has 33 heavy (non-hydrogen) atoms. The van der Waals surface area contributed by atoms with E-state index in [0.717, 1.165) is 43.0 Å². The van der Waals surface area contributed by atoms with Crippen LogP contribution in [0.5, 0.6) is 0 Å². The predicted molar refractivity (Wildman–Crippen MR) is 135 cm³/mol. The van der Waals surface area contributed by atoms with Crippen molar-refractivity contribution in [3.63, 3.8) is 0 Å². The minimum Gasteiger partial charge on any atom is -0.369 e. The number of nitriles is 1. The summed E-state index contributed by atoms with van der Waals surface area (Å²) in [4.78, 5) is 30.3. The fraction of sp³-hybridized carbons (Fsp3) is 0.240. The van der Waals surface area contributed by atoms with Crippen LogP contribution in [0.2, 0.25) is 0 Å². The minimum atomic E-state index is -0.251. The molecule has 0 unspecified atom stereocenters. The monoisotopic (exact) mass is 474 g/mol. The summed E-state index contributed by atoms with van der Waals surface area (Å²) in [7, 11) is 0. The van der Waals surface area contributed by atoms with Gasteiger partial charge in [-0.2, -0.15) is 5.26 Å². The standard InChI is InChI=1S/C25H22N4O2S2/c26-14-15-1-3-16(4-2-15)19-13-20(30)22-21(19)24(31)27-23(22)17-5-7-18(8-6-17)28-9-11-29(12-10-28)25(32)33/h1-8,25,32-33H,9-13H2,(H,27,31). The number of amides is 1. The summed E-state index contributed by atoms with van der Waals surface area (Å²) in [5, 5.41) is 11.9. The number of rotatable bonds is 4. The fourth-order valence-corrected chi connectivity index (χ4v) is 5.10. The molecule has 2 heterocycles. The average Bonchev–Trinajstić information content (AvgIpc) is 3.37. The normalized spacial score (nSPS) is 18.8. The van der Waals surface area contributed by atoms with Crippen LogP contribution in [-0.4, -0.2) is 47.5 Å². The van der Waals surface area contributed by atoms with Crippen LogP contribution < -0.4 is 10.2 Å². The first-order valence-corrected chi connectivity index (χ1v) is 11.8.